The van der Waals surface area contributed by atoms with Gasteiger partial charge in [0.25, 0.3) is 0 Å². The van der Waals surface area contributed by atoms with Crippen molar-refractivity contribution < 1.29 is 9.90 Å². The molecule has 0 aliphatic heterocycles. The summed E-state index contributed by atoms with van der Waals surface area (Å²) in [5, 5.41) is 8.30. The number of carboxylic acid groups (broad SMARTS) is 1. The molecule has 3 nitrogen and oxygen atoms in total. The van der Waals surface area contributed by atoms with Gasteiger partial charge in [-0.25, -0.2) is 4.79 Å². The van der Waals surface area contributed by atoms with Gasteiger partial charge in [0, 0.05) is 13.1 Å². The van der Waals surface area contributed by atoms with Crippen molar-refractivity contribution >= 4 is 35.7 Å². The van der Waals surface area contributed by atoms with E-state index in [1.54, 1.807) is 0 Å². The van der Waals surface area contributed by atoms with Crippen LogP contribution >= 0.6 is 0 Å². The van der Waals surface area contributed by atoms with Gasteiger partial charge in [0.05, 0.1) is 0 Å². The van der Waals surface area contributed by atoms with Crippen LogP contribution in [0.1, 0.15) is 13.8 Å². The molecule has 0 fully saturated rings. The van der Waals surface area contributed by atoms with Gasteiger partial charge in [0.1, 0.15) is 0 Å². The van der Waals surface area contributed by atoms with Gasteiger partial charge < -0.3 is 10.0 Å². The summed E-state index contributed by atoms with van der Waals surface area (Å²) in [7, 11) is 0. The van der Waals surface area contributed by atoms with Crippen LogP contribution in [-0.2, 0) is 0 Å². The molecule has 50 valence electrons. The Morgan fingerprint density at radius 3 is 1.78 bits per heavy atom. The van der Waals surface area contributed by atoms with Crippen molar-refractivity contribution in [3.63, 3.8) is 0 Å². The van der Waals surface area contributed by atoms with E-state index in [-0.39, 0.29) is 29.6 Å². The van der Waals surface area contributed by atoms with E-state index in [2.05, 4.69) is 0 Å². The first-order valence-electron chi connectivity index (χ1n) is 2.70. The first-order chi connectivity index (χ1) is 3.72. The summed E-state index contributed by atoms with van der Waals surface area (Å²) in [6.07, 6.45) is -0.838. The van der Waals surface area contributed by atoms with Crippen molar-refractivity contribution in [3.8, 4) is 0 Å². The molecule has 1 N–H and O–H groups in total. The minimum absolute atomic E-state index is 0. The Morgan fingerprint density at radius 2 is 1.78 bits per heavy atom. The van der Waals surface area contributed by atoms with E-state index in [9.17, 15) is 4.79 Å². The zero-order chi connectivity index (χ0) is 6.57. The Bertz CT molecular complexity index is 83.0. The number of hydrogen-bond donors (Lipinski definition) is 1. The van der Waals surface area contributed by atoms with E-state index in [0.717, 1.165) is 0 Å². The molecule has 0 aliphatic rings. The van der Waals surface area contributed by atoms with Crippen molar-refractivity contribution in [1.82, 2.24) is 4.90 Å². The van der Waals surface area contributed by atoms with E-state index < -0.39 is 6.09 Å². The number of carbonyl (C=O) groups is 1. The average Bonchev–Trinajstić information content (AvgIpc) is 1.69. The monoisotopic (exact) mass is 141 g/mol. The van der Waals surface area contributed by atoms with E-state index in [1.807, 2.05) is 13.8 Å². The Hall–Kier alpha value is 0.270. The summed E-state index contributed by atoms with van der Waals surface area (Å²) in [6.45, 7) is 4.78. The Kier molecular flexibility index (Phi) is 8.52. The molecule has 0 bridgehead atoms. The van der Waals surface area contributed by atoms with Crippen LogP contribution in [0, 0.1) is 0 Å². The van der Waals surface area contributed by atoms with Gasteiger partial charge in [-0.05, 0) is 13.8 Å². The molecule has 9 heavy (non-hydrogen) atoms. The maximum absolute atomic E-state index is 10.1. The fourth-order valence-electron chi connectivity index (χ4n) is 0.494. The topological polar surface area (TPSA) is 40.5 Å². The summed E-state index contributed by atoms with van der Waals surface area (Å²) >= 11 is 0. The Morgan fingerprint density at radius 1 is 1.44 bits per heavy atom. The molecular weight excluding hydrogens is 129 g/mol. The molecule has 0 saturated carbocycles. The average molecular weight is 141 g/mol. The Balaban J connectivity index is 0. The zero-order valence-corrected chi connectivity index (χ0v) is 5.22. The third-order valence-electron chi connectivity index (χ3n) is 1.03. The SMILES string of the molecule is CCN(CC)C(=O)O.[NaH]. The molecule has 0 radical (unpaired) electrons. The summed E-state index contributed by atoms with van der Waals surface area (Å²) in [6, 6.07) is 0. The quantitative estimate of drug-likeness (QED) is 0.564. The first-order valence-corrected chi connectivity index (χ1v) is 2.70. The molecule has 0 aromatic carbocycles. The maximum atomic E-state index is 10.1. The van der Waals surface area contributed by atoms with Gasteiger partial charge >= 0.3 is 35.7 Å². The van der Waals surface area contributed by atoms with Gasteiger partial charge in [-0.2, -0.15) is 0 Å². The van der Waals surface area contributed by atoms with Crippen LogP contribution in [0.2, 0.25) is 0 Å². The van der Waals surface area contributed by atoms with Crippen LogP contribution in [0.25, 0.3) is 0 Å². The minimum atomic E-state index is -0.838. The van der Waals surface area contributed by atoms with Crippen LogP contribution < -0.4 is 0 Å². The molecule has 0 rings (SSSR count). The van der Waals surface area contributed by atoms with Crippen LogP contribution in [0.15, 0.2) is 0 Å². The normalized spacial score (nSPS) is 7.78. The fourth-order valence-corrected chi connectivity index (χ4v) is 0.494. The van der Waals surface area contributed by atoms with Gasteiger partial charge in [0.2, 0.25) is 0 Å². The number of nitrogens with zero attached hydrogens (tertiary/aromatic N) is 1. The van der Waals surface area contributed by atoms with Crippen molar-refractivity contribution in [1.29, 1.82) is 0 Å². The summed E-state index contributed by atoms with van der Waals surface area (Å²) in [5.74, 6) is 0. The molecule has 0 heterocycles. The first kappa shape index (κ1) is 12.0. The number of rotatable bonds is 2. The molecule has 0 spiro atoms. The summed E-state index contributed by atoms with van der Waals surface area (Å²) in [4.78, 5) is 11.4. The molecular formula is C5H12NNaO2. The molecule has 4 heteroatoms. The second kappa shape index (κ2) is 6.39. The molecule has 0 aromatic heterocycles. The van der Waals surface area contributed by atoms with E-state index in [4.69, 9.17) is 5.11 Å². The molecule has 1 amide bonds. The van der Waals surface area contributed by atoms with E-state index in [1.165, 1.54) is 4.90 Å². The third kappa shape index (κ3) is 4.75. The van der Waals surface area contributed by atoms with Crippen LogP contribution in [0.5, 0.6) is 0 Å². The predicted octanol–water partition coefficient (Wildman–Crippen LogP) is 0.358. The van der Waals surface area contributed by atoms with Crippen molar-refractivity contribution in [3.05, 3.63) is 0 Å². The van der Waals surface area contributed by atoms with Crippen LogP contribution in [0.3, 0.4) is 0 Å². The van der Waals surface area contributed by atoms with E-state index in [0.29, 0.717) is 13.1 Å². The standard InChI is InChI=1S/C5H11NO2.Na.H/c1-3-6(4-2)5(7)8;;/h3-4H2,1-2H3,(H,7,8);;. The molecule has 0 aliphatic carbocycles. The Labute approximate surface area is 77.3 Å². The summed E-state index contributed by atoms with van der Waals surface area (Å²) < 4.78 is 0. The van der Waals surface area contributed by atoms with Crippen molar-refractivity contribution in [2.24, 2.45) is 0 Å². The third-order valence-corrected chi connectivity index (χ3v) is 1.03. The van der Waals surface area contributed by atoms with Crippen molar-refractivity contribution in [2.45, 2.75) is 13.8 Å². The zero-order valence-electron chi connectivity index (χ0n) is 5.22. The van der Waals surface area contributed by atoms with Crippen LogP contribution in [-0.4, -0.2) is 58.7 Å². The van der Waals surface area contributed by atoms with Gasteiger partial charge in [-0.15, -0.1) is 0 Å². The molecule has 0 unspecified atom stereocenters. The molecule has 0 saturated heterocycles. The second-order valence-corrected chi connectivity index (χ2v) is 1.45. The van der Waals surface area contributed by atoms with Gasteiger partial charge in [-0.1, -0.05) is 0 Å². The number of hydrogen-bond acceptors (Lipinski definition) is 1. The molecule has 0 aromatic rings. The van der Waals surface area contributed by atoms with Gasteiger partial charge in [-0.3, -0.25) is 0 Å². The second-order valence-electron chi connectivity index (χ2n) is 1.45. The van der Waals surface area contributed by atoms with E-state index >= 15 is 0 Å². The number of amides is 1. The van der Waals surface area contributed by atoms with Crippen LogP contribution in [0.4, 0.5) is 4.79 Å². The molecule has 0 atom stereocenters. The van der Waals surface area contributed by atoms with Gasteiger partial charge in [0.15, 0.2) is 0 Å². The fraction of sp³-hybridized carbons (Fsp3) is 0.800. The predicted molar refractivity (Wildman–Crippen MR) is 38.1 cm³/mol. The van der Waals surface area contributed by atoms with Crippen molar-refractivity contribution in [2.75, 3.05) is 13.1 Å². The summed E-state index contributed by atoms with van der Waals surface area (Å²) in [5.41, 5.74) is 0.